The van der Waals surface area contributed by atoms with E-state index in [-0.39, 0.29) is 12.2 Å². The van der Waals surface area contributed by atoms with Gasteiger partial charge in [0.15, 0.2) is 0 Å². The highest BCUT2D eigenvalue weighted by atomic mass is 16.6. The van der Waals surface area contributed by atoms with E-state index in [1.54, 1.807) is 12.1 Å². The van der Waals surface area contributed by atoms with Gasteiger partial charge in [-0.2, -0.15) is 0 Å². The van der Waals surface area contributed by atoms with Crippen molar-refractivity contribution in [3.05, 3.63) is 104 Å². The average molecular weight is 393 g/mol. The summed E-state index contributed by atoms with van der Waals surface area (Å²) < 4.78 is 1.36. The highest BCUT2D eigenvalue weighted by Crippen LogP contribution is 2.19. The van der Waals surface area contributed by atoms with Crippen molar-refractivity contribution in [2.24, 2.45) is 5.73 Å². The zero-order valence-electron chi connectivity index (χ0n) is 15.4. The third-order valence-corrected chi connectivity index (χ3v) is 4.61. The van der Waals surface area contributed by atoms with Crippen LogP contribution in [0.25, 0.3) is 0 Å². The molecule has 0 bridgehead atoms. The molecule has 29 heavy (non-hydrogen) atoms. The molecule has 1 amide bonds. The number of aromatic nitrogens is 1. The molecule has 0 saturated carbocycles. The molecule has 0 aliphatic heterocycles. The van der Waals surface area contributed by atoms with E-state index in [1.165, 1.54) is 22.8 Å². The Balaban J connectivity index is 1.99. The molecule has 0 fully saturated rings. The summed E-state index contributed by atoms with van der Waals surface area (Å²) in [6.45, 7) is 0.0848. The largest absolute Gasteiger partial charge is 0.507 e. The number of benzene rings is 2. The number of nitrogens with zero attached hydrogens (tertiary/aromatic N) is 2. The van der Waals surface area contributed by atoms with Crippen molar-refractivity contribution in [2.45, 2.75) is 19.4 Å². The standard InChI is InChI=1S/C21H19N3O5/c22-20(26)19-18(25)12-17(11-6-14-4-2-1-3-5-14)23(21(19)27)13-15-7-9-16(10-8-15)24(28)29/h1-5,7-10,12,25H,6,11,13H2,(H2,22,26). The zero-order valence-corrected chi connectivity index (χ0v) is 15.4. The van der Waals surface area contributed by atoms with E-state index in [9.17, 15) is 24.8 Å². The lowest BCUT2D eigenvalue weighted by molar-refractivity contribution is -0.384. The Morgan fingerprint density at radius 2 is 1.69 bits per heavy atom. The summed E-state index contributed by atoms with van der Waals surface area (Å²) in [5.74, 6) is -1.47. The summed E-state index contributed by atoms with van der Waals surface area (Å²) in [4.78, 5) is 34.8. The van der Waals surface area contributed by atoms with Gasteiger partial charge < -0.3 is 15.4 Å². The Kier molecular flexibility index (Phi) is 5.73. The molecular formula is C21H19N3O5. The van der Waals surface area contributed by atoms with Crippen molar-refractivity contribution < 1.29 is 14.8 Å². The van der Waals surface area contributed by atoms with E-state index < -0.39 is 27.7 Å². The molecule has 0 unspecified atom stereocenters. The number of aryl methyl sites for hydroxylation is 2. The van der Waals surface area contributed by atoms with Gasteiger partial charge in [-0.15, -0.1) is 0 Å². The van der Waals surface area contributed by atoms with Gasteiger partial charge in [-0.1, -0.05) is 42.5 Å². The van der Waals surface area contributed by atoms with E-state index in [1.807, 2.05) is 30.3 Å². The van der Waals surface area contributed by atoms with E-state index in [0.29, 0.717) is 24.1 Å². The van der Waals surface area contributed by atoms with E-state index >= 15 is 0 Å². The first-order chi connectivity index (χ1) is 13.9. The SMILES string of the molecule is NC(=O)c1c(O)cc(CCc2ccccc2)n(Cc2ccc([N+](=O)[O-])cc2)c1=O. The second-order valence-corrected chi connectivity index (χ2v) is 6.56. The highest BCUT2D eigenvalue weighted by molar-refractivity contribution is 5.95. The molecule has 3 rings (SSSR count). The minimum atomic E-state index is -1.01. The van der Waals surface area contributed by atoms with Crippen LogP contribution in [0.5, 0.6) is 5.75 Å². The minimum Gasteiger partial charge on any atom is -0.507 e. The summed E-state index contributed by atoms with van der Waals surface area (Å²) >= 11 is 0. The summed E-state index contributed by atoms with van der Waals surface area (Å²) in [6, 6.07) is 16.8. The van der Waals surface area contributed by atoms with Crippen LogP contribution >= 0.6 is 0 Å². The molecular weight excluding hydrogens is 374 g/mol. The number of nitro groups is 1. The molecule has 8 heteroatoms. The van der Waals surface area contributed by atoms with Crippen molar-refractivity contribution in [3.8, 4) is 5.75 Å². The number of non-ortho nitro benzene ring substituents is 1. The lowest BCUT2D eigenvalue weighted by atomic mass is 10.1. The number of hydrogen-bond donors (Lipinski definition) is 2. The van der Waals surface area contributed by atoms with Crippen molar-refractivity contribution in [1.82, 2.24) is 4.57 Å². The number of primary amides is 1. The lowest BCUT2D eigenvalue weighted by Crippen LogP contribution is -2.32. The number of carbonyl (C=O) groups excluding carboxylic acids is 1. The average Bonchev–Trinajstić information content (AvgIpc) is 2.69. The summed E-state index contributed by atoms with van der Waals surface area (Å²) in [7, 11) is 0. The number of aromatic hydroxyl groups is 1. The van der Waals surface area contributed by atoms with Crippen LogP contribution in [0.4, 0.5) is 5.69 Å². The number of carbonyl (C=O) groups is 1. The zero-order chi connectivity index (χ0) is 21.0. The van der Waals surface area contributed by atoms with Crippen molar-refractivity contribution >= 4 is 11.6 Å². The summed E-state index contributed by atoms with van der Waals surface area (Å²) in [5, 5.41) is 21.0. The van der Waals surface area contributed by atoms with Gasteiger partial charge in [-0.25, -0.2) is 0 Å². The smallest absolute Gasteiger partial charge is 0.269 e. The topological polar surface area (TPSA) is 128 Å². The van der Waals surface area contributed by atoms with Gasteiger partial charge in [-0.3, -0.25) is 19.7 Å². The van der Waals surface area contributed by atoms with Crippen molar-refractivity contribution in [1.29, 1.82) is 0 Å². The predicted molar refractivity (Wildman–Crippen MR) is 107 cm³/mol. The van der Waals surface area contributed by atoms with Crippen LogP contribution in [0.15, 0.2) is 65.5 Å². The molecule has 3 N–H and O–H groups in total. The Labute approximate surface area is 166 Å². The lowest BCUT2D eigenvalue weighted by Gasteiger charge is -2.15. The van der Waals surface area contributed by atoms with Crippen LogP contribution in [0, 0.1) is 10.1 Å². The molecule has 3 aromatic rings. The first-order valence-corrected chi connectivity index (χ1v) is 8.89. The van der Waals surface area contributed by atoms with Crippen LogP contribution in [0.2, 0.25) is 0 Å². The molecule has 1 aromatic heterocycles. The van der Waals surface area contributed by atoms with Gasteiger partial charge in [0.1, 0.15) is 11.3 Å². The minimum absolute atomic E-state index is 0.0612. The first kappa shape index (κ1) is 19.8. The molecule has 0 atom stereocenters. The molecule has 2 aromatic carbocycles. The Morgan fingerprint density at radius 1 is 1.03 bits per heavy atom. The van der Waals surface area contributed by atoms with Gasteiger partial charge in [0.25, 0.3) is 17.2 Å². The fourth-order valence-corrected chi connectivity index (χ4v) is 3.12. The first-order valence-electron chi connectivity index (χ1n) is 8.89. The number of pyridine rings is 1. The highest BCUT2D eigenvalue weighted by Gasteiger charge is 2.19. The normalized spacial score (nSPS) is 10.6. The second kappa shape index (κ2) is 8.39. The molecule has 1 heterocycles. The molecule has 8 nitrogen and oxygen atoms in total. The third kappa shape index (κ3) is 4.49. The second-order valence-electron chi connectivity index (χ2n) is 6.56. The van der Waals surface area contributed by atoms with Crippen LogP contribution in [0.1, 0.15) is 27.2 Å². The van der Waals surface area contributed by atoms with Crippen LogP contribution in [-0.2, 0) is 19.4 Å². The van der Waals surface area contributed by atoms with Gasteiger partial charge in [0.05, 0.1) is 11.5 Å². The van der Waals surface area contributed by atoms with Gasteiger partial charge in [0.2, 0.25) is 0 Å². The monoisotopic (exact) mass is 393 g/mol. The van der Waals surface area contributed by atoms with E-state index in [2.05, 4.69) is 0 Å². The number of amides is 1. The number of rotatable bonds is 7. The molecule has 0 radical (unpaired) electrons. The fraction of sp³-hybridized carbons (Fsp3) is 0.143. The number of nitrogens with two attached hydrogens (primary N) is 1. The number of nitro benzene ring substituents is 1. The molecule has 148 valence electrons. The maximum atomic E-state index is 12.8. The predicted octanol–water partition coefficient (Wildman–Crippen LogP) is 2.39. The maximum Gasteiger partial charge on any atom is 0.269 e. The molecule has 0 saturated heterocycles. The Bertz CT molecular complexity index is 1110. The summed E-state index contributed by atoms with van der Waals surface area (Å²) in [5.41, 5.74) is 6.25. The molecule has 0 aliphatic carbocycles. The third-order valence-electron chi connectivity index (χ3n) is 4.61. The van der Waals surface area contributed by atoms with E-state index in [4.69, 9.17) is 5.73 Å². The fourth-order valence-electron chi connectivity index (χ4n) is 3.12. The van der Waals surface area contributed by atoms with Crippen LogP contribution in [-0.4, -0.2) is 20.5 Å². The van der Waals surface area contributed by atoms with Crippen molar-refractivity contribution in [2.75, 3.05) is 0 Å². The van der Waals surface area contributed by atoms with E-state index in [0.717, 1.165) is 5.56 Å². The molecule has 0 aliphatic rings. The Morgan fingerprint density at radius 3 is 2.28 bits per heavy atom. The summed E-state index contributed by atoms with van der Waals surface area (Å²) in [6.07, 6.45) is 1.06. The Hall–Kier alpha value is -3.94. The number of hydrogen-bond acceptors (Lipinski definition) is 5. The molecule has 0 spiro atoms. The van der Waals surface area contributed by atoms with Gasteiger partial charge in [-0.05, 0) is 24.0 Å². The van der Waals surface area contributed by atoms with Crippen molar-refractivity contribution in [3.63, 3.8) is 0 Å². The quantitative estimate of drug-likeness (QED) is 0.470. The van der Waals surface area contributed by atoms with Crippen LogP contribution < -0.4 is 11.3 Å². The van der Waals surface area contributed by atoms with Crippen LogP contribution in [0.3, 0.4) is 0 Å². The maximum absolute atomic E-state index is 12.8. The van der Waals surface area contributed by atoms with Gasteiger partial charge in [0, 0.05) is 23.9 Å². The van der Waals surface area contributed by atoms with Gasteiger partial charge >= 0.3 is 0 Å².